The van der Waals surface area contributed by atoms with Gasteiger partial charge in [-0.2, -0.15) is 0 Å². The fourth-order valence-electron chi connectivity index (χ4n) is 3.73. The Morgan fingerprint density at radius 3 is 2.70 bits per heavy atom. The van der Waals surface area contributed by atoms with Crippen molar-refractivity contribution in [2.75, 3.05) is 13.2 Å². The average Bonchev–Trinajstić information content (AvgIpc) is 3.00. The summed E-state index contributed by atoms with van der Waals surface area (Å²) in [4.78, 5) is 11.7. The van der Waals surface area contributed by atoms with Gasteiger partial charge in [0, 0.05) is 18.6 Å². The molecule has 1 aromatic carbocycles. The molecule has 0 aromatic heterocycles. The molecule has 3 rings (SSSR count). The molecule has 2 N–H and O–H groups in total. The Kier molecular flexibility index (Phi) is 3.42. The Balaban J connectivity index is 1.44. The number of aliphatic hydroxyl groups is 1. The molecular formula is C16H21NO3. The van der Waals surface area contributed by atoms with Crippen molar-refractivity contribution >= 4 is 6.09 Å². The SMILES string of the molecule is O=C(NCC12CCCC1(CO)C2)OCc1ccccc1. The molecule has 2 aliphatic rings. The lowest BCUT2D eigenvalue weighted by atomic mass is 9.97. The molecule has 4 heteroatoms. The normalized spacial score (nSPS) is 30.6. The molecule has 2 unspecified atom stereocenters. The molecule has 1 amide bonds. The van der Waals surface area contributed by atoms with Crippen LogP contribution in [0.1, 0.15) is 31.2 Å². The highest BCUT2D eigenvalue weighted by Crippen LogP contribution is 2.72. The third-order valence-corrected chi connectivity index (χ3v) is 5.07. The van der Waals surface area contributed by atoms with Gasteiger partial charge in [-0.3, -0.25) is 0 Å². The van der Waals surface area contributed by atoms with Gasteiger partial charge in [-0.15, -0.1) is 0 Å². The van der Waals surface area contributed by atoms with E-state index in [1.165, 1.54) is 0 Å². The quantitative estimate of drug-likeness (QED) is 0.868. The number of rotatable bonds is 5. The summed E-state index contributed by atoms with van der Waals surface area (Å²) in [6, 6.07) is 9.65. The van der Waals surface area contributed by atoms with Gasteiger partial charge in [0.15, 0.2) is 0 Å². The van der Waals surface area contributed by atoms with E-state index in [4.69, 9.17) is 4.74 Å². The maximum atomic E-state index is 11.7. The second-order valence-corrected chi connectivity index (χ2v) is 6.16. The van der Waals surface area contributed by atoms with E-state index in [0.29, 0.717) is 13.2 Å². The number of amides is 1. The molecule has 2 saturated carbocycles. The summed E-state index contributed by atoms with van der Waals surface area (Å²) in [6.07, 6.45) is 4.02. The molecule has 0 spiro atoms. The van der Waals surface area contributed by atoms with Gasteiger partial charge >= 0.3 is 6.09 Å². The first-order chi connectivity index (χ1) is 9.70. The molecule has 20 heavy (non-hydrogen) atoms. The van der Waals surface area contributed by atoms with Gasteiger partial charge in [-0.25, -0.2) is 4.79 Å². The molecule has 0 aliphatic heterocycles. The van der Waals surface area contributed by atoms with E-state index in [2.05, 4.69) is 5.32 Å². The molecule has 0 bridgehead atoms. The predicted octanol–water partition coefficient (Wildman–Crippen LogP) is 2.47. The summed E-state index contributed by atoms with van der Waals surface area (Å²) in [7, 11) is 0. The lowest BCUT2D eigenvalue weighted by Gasteiger charge is -2.17. The van der Waals surface area contributed by atoms with Crippen LogP contribution in [0.4, 0.5) is 4.79 Å². The largest absolute Gasteiger partial charge is 0.445 e. The van der Waals surface area contributed by atoms with Crippen molar-refractivity contribution in [3.05, 3.63) is 35.9 Å². The van der Waals surface area contributed by atoms with Crippen LogP contribution >= 0.6 is 0 Å². The first-order valence-corrected chi connectivity index (χ1v) is 7.25. The van der Waals surface area contributed by atoms with Gasteiger partial charge in [0.25, 0.3) is 0 Å². The van der Waals surface area contributed by atoms with Gasteiger partial charge in [-0.05, 0) is 30.2 Å². The molecule has 0 radical (unpaired) electrons. The second kappa shape index (κ2) is 5.09. The molecule has 0 saturated heterocycles. The number of hydrogen-bond acceptors (Lipinski definition) is 3. The van der Waals surface area contributed by atoms with Crippen LogP contribution in [0.5, 0.6) is 0 Å². The Morgan fingerprint density at radius 1 is 1.25 bits per heavy atom. The summed E-state index contributed by atoms with van der Waals surface area (Å²) >= 11 is 0. The van der Waals surface area contributed by atoms with Crippen LogP contribution in [0.3, 0.4) is 0 Å². The minimum absolute atomic E-state index is 0.0830. The van der Waals surface area contributed by atoms with Crippen molar-refractivity contribution in [3.63, 3.8) is 0 Å². The summed E-state index contributed by atoms with van der Waals surface area (Å²) in [5.74, 6) is 0. The van der Waals surface area contributed by atoms with Crippen molar-refractivity contribution in [1.29, 1.82) is 0 Å². The Hall–Kier alpha value is -1.55. The number of ether oxygens (including phenoxy) is 1. The van der Waals surface area contributed by atoms with Crippen molar-refractivity contribution in [2.45, 2.75) is 32.3 Å². The van der Waals surface area contributed by atoms with Gasteiger partial charge in [0.05, 0.1) is 0 Å². The maximum absolute atomic E-state index is 11.7. The van der Waals surface area contributed by atoms with E-state index >= 15 is 0 Å². The van der Waals surface area contributed by atoms with Crippen LogP contribution in [-0.2, 0) is 11.3 Å². The number of carbonyl (C=O) groups is 1. The van der Waals surface area contributed by atoms with Crippen molar-refractivity contribution in [2.24, 2.45) is 10.8 Å². The van der Waals surface area contributed by atoms with Crippen LogP contribution in [0.15, 0.2) is 30.3 Å². The van der Waals surface area contributed by atoms with Crippen molar-refractivity contribution in [3.8, 4) is 0 Å². The maximum Gasteiger partial charge on any atom is 0.407 e. The monoisotopic (exact) mass is 275 g/mol. The summed E-state index contributed by atoms with van der Waals surface area (Å²) in [5, 5.41) is 12.4. The standard InChI is InChI=1S/C16H21NO3/c18-12-16-8-4-7-15(16,10-16)11-17-14(19)20-9-13-5-2-1-3-6-13/h1-3,5-6,18H,4,7-12H2,(H,17,19). The van der Waals surface area contributed by atoms with E-state index in [1.807, 2.05) is 30.3 Å². The number of alkyl carbamates (subject to hydrolysis) is 1. The minimum Gasteiger partial charge on any atom is -0.445 e. The molecule has 1 aromatic rings. The van der Waals surface area contributed by atoms with E-state index in [0.717, 1.165) is 31.2 Å². The highest BCUT2D eigenvalue weighted by Gasteiger charge is 2.68. The molecular weight excluding hydrogens is 254 g/mol. The number of nitrogens with one attached hydrogen (secondary N) is 1. The zero-order chi connectivity index (χ0) is 14.1. The van der Waals surface area contributed by atoms with Crippen LogP contribution in [-0.4, -0.2) is 24.4 Å². The van der Waals surface area contributed by atoms with Crippen molar-refractivity contribution < 1.29 is 14.6 Å². The number of benzene rings is 1. The van der Waals surface area contributed by atoms with Crippen LogP contribution in [0.25, 0.3) is 0 Å². The van der Waals surface area contributed by atoms with Gasteiger partial charge in [0.1, 0.15) is 6.61 Å². The van der Waals surface area contributed by atoms with Crippen LogP contribution in [0, 0.1) is 10.8 Å². The molecule has 2 aliphatic carbocycles. The molecule has 108 valence electrons. The van der Waals surface area contributed by atoms with Crippen molar-refractivity contribution in [1.82, 2.24) is 5.32 Å². The molecule has 4 nitrogen and oxygen atoms in total. The lowest BCUT2D eigenvalue weighted by molar-refractivity contribution is 0.134. The summed E-state index contributed by atoms with van der Waals surface area (Å²) in [6.45, 7) is 1.17. The third kappa shape index (κ3) is 2.29. The van der Waals surface area contributed by atoms with Gasteiger partial charge < -0.3 is 15.2 Å². The molecule has 2 atom stereocenters. The average molecular weight is 275 g/mol. The second-order valence-electron chi connectivity index (χ2n) is 6.16. The fourth-order valence-corrected chi connectivity index (χ4v) is 3.73. The summed E-state index contributed by atoms with van der Waals surface area (Å²) in [5.41, 5.74) is 1.20. The Bertz CT molecular complexity index is 490. The Labute approximate surface area is 119 Å². The van der Waals surface area contributed by atoms with E-state index in [-0.39, 0.29) is 23.5 Å². The number of aliphatic hydroxyl groups excluding tert-OH is 1. The van der Waals surface area contributed by atoms with E-state index in [1.54, 1.807) is 0 Å². The number of hydrogen-bond donors (Lipinski definition) is 2. The van der Waals surface area contributed by atoms with Crippen LogP contribution < -0.4 is 5.32 Å². The minimum atomic E-state index is -0.367. The highest BCUT2D eigenvalue weighted by atomic mass is 16.5. The topological polar surface area (TPSA) is 58.6 Å². The third-order valence-electron chi connectivity index (χ3n) is 5.07. The molecule has 2 fully saturated rings. The smallest absolute Gasteiger partial charge is 0.407 e. The van der Waals surface area contributed by atoms with Crippen LogP contribution in [0.2, 0.25) is 0 Å². The van der Waals surface area contributed by atoms with E-state index in [9.17, 15) is 9.90 Å². The Morgan fingerprint density at radius 2 is 2.00 bits per heavy atom. The zero-order valence-electron chi connectivity index (χ0n) is 11.6. The zero-order valence-corrected chi connectivity index (χ0v) is 11.6. The predicted molar refractivity (Wildman–Crippen MR) is 75.0 cm³/mol. The number of fused-ring (bicyclic) bond motifs is 1. The lowest BCUT2D eigenvalue weighted by Crippen LogP contribution is -2.32. The van der Waals surface area contributed by atoms with E-state index < -0.39 is 0 Å². The first-order valence-electron chi connectivity index (χ1n) is 7.25. The number of carbonyl (C=O) groups excluding carboxylic acids is 1. The first kappa shape index (κ1) is 13.4. The fraction of sp³-hybridized carbons (Fsp3) is 0.562. The van der Waals surface area contributed by atoms with Gasteiger partial charge in [0.2, 0.25) is 0 Å². The summed E-state index contributed by atoms with van der Waals surface area (Å²) < 4.78 is 5.21. The van der Waals surface area contributed by atoms with Gasteiger partial charge in [-0.1, -0.05) is 36.8 Å². The molecule has 0 heterocycles. The highest BCUT2D eigenvalue weighted by molar-refractivity contribution is 5.67.